The Morgan fingerprint density at radius 1 is 1.08 bits per heavy atom. The van der Waals surface area contributed by atoms with E-state index in [0.29, 0.717) is 13.0 Å². The predicted octanol–water partition coefficient (Wildman–Crippen LogP) is 2.70. The van der Waals surface area contributed by atoms with Gasteiger partial charge < -0.3 is 20.4 Å². The average molecular weight is 361 g/mol. The van der Waals surface area contributed by atoms with Gasteiger partial charge in [-0.25, -0.2) is 4.79 Å². The predicted molar refractivity (Wildman–Crippen MR) is 105 cm³/mol. The molecule has 2 N–H and O–H groups in total. The van der Waals surface area contributed by atoms with Crippen LogP contribution >= 0.6 is 0 Å². The number of hydrogen-bond acceptors (Lipinski definition) is 3. The number of aryl methyl sites for hydroxylation is 1. The summed E-state index contributed by atoms with van der Waals surface area (Å²) in [4.78, 5) is 28.2. The average Bonchev–Trinajstić information content (AvgIpc) is 3.19. The van der Waals surface area contributed by atoms with Crippen molar-refractivity contribution in [1.29, 1.82) is 0 Å². The van der Waals surface area contributed by atoms with Crippen LogP contribution in [0.5, 0.6) is 0 Å². The van der Waals surface area contributed by atoms with Crippen molar-refractivity contribution in [3.05, 3.63) is 29.8 Å². The Bertz CT molecular complexity index is 564. The third-order valence-corrected chi connectivity index (χ3v) is 4.91. The van der Waals surface area contributed by atoms with Crippen LogP contribution in [0.3, 0.4) is 0 Å². The maximum absolute atomic E-state index is 12.1. The molecule has 1 aromatic rings. The molecule has 1 aliphatic rings. The van der Waals surface area contributed by atoms with Crippen molar-refractivity contribution >= 4 is 17.6 Å². The Kier molecular flexibility index (Phi) is 8.41. The molecule has 0 spiro atoms. The molecule has 2 rings (SSSR count). The number of nitrogens with one attached hydrogen (secondary N) is 2. The fourth-order valence-corrected chi connectivity index (χ4v) is 3.17. The summed E-state index contributed by atoms with van der Waals surface area (Å²) in [5, 5.41) is 5.72. The van der Waals surface area contributed by atoms with Gasteiger partial charge in [0.1, 0.15) is 0 Å². The minimum Gasteiger partial charge on any atom is -0.343 e. The Balaban J connectivity index is 1.69. The number of likely N-dealkylation sites (N-methyl/N-ethyl adjacent to an activating group) is 1. The van der Waals surface area contributed by atoms with Crippen LogP contribution < -0.4 is 10.6 Å². The lowest BCUT2D eigenvalue weighted by molar-refractivity contribution is -0.130. The van der Waals surface area contributed by atoms with Gasteiger partial charge >= 0.3 is 6.03 Å². The second-order valence-electron chi connectivity index (χ2n) is 6.69. The normalized spacial score (nSPS) is 13.9. The van der Waals surface area contributed by atoms with E-state index < -0.39 is 0 Å². The third-order valence-electron chi connectivity index (χ3n) is 4.91. The molecule has 0 saturated carbocycles. The number of urea groups is 1. The van der Waals surface area contributed by atoms with Crippen LogP contribution in [0.1, 0.15) is 38.7 Å². The lowest BCUT2D eigenvalue weighted by atomic mass is 10.1. The van der Waals surface area contributed by atoms with E-state index in [1.165, 1.54) is 0 Å². The summed E-state index contributed by atoms with van der Waals surface area (Å²) in [6, 6.07) is 7.54. The summed E-state index contributed by atoms with van der Waals surface area (Å²) in [5.41, 5.74) is 1.88. The maximum Gasteiger partial charge on any atom is 0.319 e. The van der Waals surface area contributed by atoms with Crippen molar-refractivity contribution in [2.75, 3.05) is 44.6 Å². The fraction of sp³-hybridized carbons (Fsp3) is 0.600. The molecule has 6 nitrogen and oxygen atoms in total. The standard InChI is InChI=1S/C20H32N4O2/c1-3-23(4-2)16-13-21-20(26)22-18-10-7-17(8-11-18)9-12-19(25)24-14-5-6-15-24/h7-8,10-11H,3-6,9,12-16H2,1-2H3,(H2,21,22,26). The molecular formula is C20H32N4O2. The Labute approximate surface area is 156 Å². The van der Waals surface area contributed by atoms with Crippen LogP contribution in [0.25, 0.3) is 0 Å². The van der Waals surface area contributed by atoms with E-state index in [4.69, 9.17) is 0 Å². The third kappa shape index (κ3) is 6.67. The number of hydrogen-bond donors (Lipinski definition) is 2. The molecule has 0 aliphatic carbocycles. The molecule has 1 heterocycles. The molecule has 26 heavy (non-hydrogen) atoms. The van der Waals surface area contributed by atoms with Crippen LogP contribution in [-0.4, -0.2) is 61.0 Å². The van der Waals surface area contributed by atoms with E-state index in [1.807, 2.05) is 29.2 Å². The van der Waals surface area contributed by atoms with Gasteiger partial charge in [-0.1, -0.05) is 26.0 Å². The van der Waals surface area contributed by atoms with E-state index in [1.54, 1.807) is 0 Å². The van der Waals surface area contributed by atoms with Gasteiger partial charge in [-0.05, 0) is 50.0 Å². The zero-order chi connectivity index (χ0) is 18.8. The van der Waals surface area contributed by atoms with Crippen molar-refractivity contribution in [1.82, 2.24) is 15.1 Å². The van der Waals surface area contributed by atoms with Gasteiger partial charge in [0.05, 0.1) is 0 Å². The van der Waals surface area contributed by atoms with E-state index in [-0.39, 0.29) is 11.9 Å². The molecule has 0 radical (unpaired) electrons. The van der Waals surface area contributed by atoms with Crippen LogP contribution in [0.4, 0.5) is 10.5 Å². The number of carbonyl (C=O) groups excluding carboxylic acids is 2. The summed E-state index contributed by atoms with van der Waals surface area (Å²) in [6.45, 7) is 9.50. The number of amides is 3. The smallest absolute Gasteiger partial charge is 0.319 e. The monoisotopic (exact) mass is 360 g/mol. The number of nitrogens with zero attached hydrogens (tertiary/aromatic N) is 2. The highest BCUT2D eigenvalue weighted by molar-refractivity contribution is 5.89. The minimum absolute atomic E-state index is 0.186. The second-order valence-corrected chi connectivity index (χ2v) is 6.69. The van der Waals surface area contributed by atoms with Crippen molar-refractivity contribution in [2.24, 2.45) is 0 Å². The quantitative estimate of drug-likeness (QED) is 0.712. The highest BCUT2D eigenvalue weighted by Gasteiger charge is 2.17. The molecule has 3 amide bonds. The summed E-state index contributed by atoms with van der Waals surface area (Å²) in [7, 11) is 0. The molecular weight excluding hydrogens is 328 g/mol. The van der Waals surface area contributed by atoms with E-state index >= 15 is 0 Å². The SMILES string of the molecule is CCN(CC)CCNC(=O)Nc1ccc(CCC(=O)N2CCCC2)cc1. The lowest BCUT2D eigenvalue weighted by Gasteiger charge is -2.18. The highest BCUT2D eigenvalue weighted by atomic mass is 16.2. The minimum atomic E-state index is -0.186. The molecule has 144 valence electrons. The number of benzene rings is 1. The first-order valence-corrected chi connectivity index (χ1v) is 9.76. The molecule has 0 bridgehead atoms. The first-order chi connectivity index (χ1) is 12.6. The molecule has 1 saturated heterocycles. The van der Waals surface area contributed by atoms with Gasteiger partial charge in [0.25, 0.3) is 0 Å². The highest BCUT2D eigenvalue weighted by Crippen LogP contribution is 2.13. The summed E-state index contributed by atoms with van der Waals surface area (Å²) < 4.78 is 0. The van der Waals surface area contributed by atoms with Gasteiger partial charge in [0.15, 0.2) is 0 Å². The summed E-state index contributed by atoms with van der Waals surface area (Å²) in [6.07, 6.45) is 3.55. The first kappa shape index (κ1) is 20.2. The zero-order valence-electron chi connectivity index (χ0n) is 16.1. The van der Waals surface area contributed by atoms with Gasteiger partial charge in [0.2, 0.25) is 5.91 Å². The van der Waals surface area contributed by atoms with Gasteiger partial charge in [-0.2, -0.15) is 0 Å². The fourth-order valence-electron chi connectivity index (χ4n) is 3.17. The van der Waals surface area contributed by atoms with Gasteiger partial charge in [-0.15, -0.1) is 0 Å². The van der Waals surface area contributed by atoms with Crippen molar-refractivity contribution in [2.45, 2.75) is 39.5 Å². The van der Waals surface area contributed by atoms with Gasteiger partial charge in [0, 0.05) is 38.3 Å². The molecule has 1 fully saturated rings. The molecule has 1 aromatic carbocycles. The lowest BCUT2D eigenvalue weighted by Crippen LogP contribution is -2.36. The number of rotatable bonds is 9. The Morgan fingerprint density at radius 2 is 1.73 bits per heavy atom. The van der Waals surface area contributed by atoms with Crippen LogP contribution in [0.2, 0.25) is 0 Å². The van der Waals surface area contributed by atoms with E-state index in [2.05, 4.69) is 29.4 Å². The first-order valence-electron chi connectivity index (χ1n) is 9.76. The molecule has 6 heteroatoms. The van der Waals surface area contributed by atoms with Crippen molar-refractivity contribution in [3.8, 4) is 0 Å². The van der Waals surface area contributed by atoms with E-state index in [9.17, 15) is 9.59 Å². The molecule has 0 unspecified atom stereocenters. The summed E-state index contributed by atoms with van der Waals surface area (Å²) >= 11 is 0. The number of likely N-dealkylation sites (tertiary alicyclic amines) is 1. The maximum atomic E-state index is 12.1. The molecule has 0 atom stereocenters. The topological polar surface area (TPSA) is 64.7 Å². The largest absolute Gasteiger partial charge is 0.343 e. The van der Waals surface area contributed by atoms with Crippen LogP contribution in [0, 0.1) is 0 Å². The molecule has 1 aliphatic heterocycles. The second kappa shape index (κ2) is 10.8. The van der Waals surface area contributed by atoms with E-state index in [0.717, 1.165) is 63.2 Å². The van der Waals surface area contributed by atoms with Gasteiger partial charge in [-0.3, -0.25) is 4.79 Å². The Hall–Kier alpha value is -2.08. The summed E-state index contributed by atoms with van der Waals surface area (Å²) in [5.74, 6) is 0.247. The molecule has 0 aromatic heterocycles. The Morgan fingerprint density at radius 3 is 2.35 bits per heavy atom. The van der Waals surface area contributed by atoms with Crippen LogP contribution in [0.15, 0.2) is 24.3 Å². The number of anilines is 1. The zero-order valence-corrected chi connectivity index (χ0v) is 16.1. The van der Waals surface area contributed by atoms with Crippen molar-refractivity contribution < 1.29 is 9.59 Å². The number of carbonyl (C=O) groups is 2. The van der Waals surface area contributed by atoms with Crippen molar-refractivity contribution in [3.63, 3.8) is 0 Å². The van der Waals surface area contributed by atoms with Crippen LogP contribution in [-0.2, 0) is 11.2 Å².